The molecule has 1 aromatic rings. The van der Waals surface area contributed by atoms with Gasteiger partial charge < -0.3 is 19.3 Å². The van der Waals surface area contributed by atoms with Gasteiger partial charge in [-0.2, -0.15) is 0 Å². The minimum Gasteiger partial charge on any atom is -0.493 e. The molecule has 0 aromatic heterocycles. The van der Waals surface area contributed by atoms with Crippen LogP contribution in [0.15, 0.2) is 12.1 Å². The van der Waals surface area contributed by atoms with Gasteiger partial charge in [0, 0.05) is 19.1 Å². The molecule has 1 fully saturated rings. The van der Waals surface area contributed by atoms with Crippen LogP contribution in [0.4, 0.5) is 5.69 Å². The Bertz CT molecular complexity index is 490. The number of fused-ring (bicyclic) bond motifs is 1. The van der Waals surface area contributed by atoms with Crippen LogP contribution >= 0.6 is 0 Å². The van der Waals surface area contributed by atoms with Gasteiger partial charge in [0.2, 0.25) is 0 Å². The van der Waals surface area contributed by atoms with Crippen molar-refractivity contribution in [3.8, 4) is 11.5 Å². The van der Waals surface area contributed by atoms with E-state index in [9.17, 15) is 0 Å². The van der Waals surface area contributed by atoms with Crippen molar-refractivity contribution < 1.29 is 9.47 Å². The molecule has 4 heteroatoms. The molecule has 0 aliphatic carbocycles. The van der Waals surface area contributed by atoms with Crippen LogP contribution in [0.1, 0.15) is 18.4 Å². The number of anilines is 1. The molecule has 0 N–H and O–H groups in total. The summed E-state index contributed by atoms with van der Waals surface area (Å²) in [6.45, 7) is 3.40. The number of likely N-dealkylation sites (N-methyl/N-ethyl adjacent to an activating group) is 1. The van der Waals surface area contributed by atoms with Crippen LogP contribution in [0, 0.1) is 0 Å². The summed E-state index contributed by atoms with van der Waals surface area (Å²) in [5, 5.41) is 0. The Kier molecular flexibility index (Phi) is 3.74. The van der Waals surface area contributed by atoms with E-state index in [1.807, 2.05) is 6.07 Å². The molecular formula is C16H24N2O2. The van der Waals surface area contributed by atoms with E-state index < -0.39 is 0 Å². The van der Waals surface area contributed by atoms with Crippen LogP contribution < -0.4 is 14.4 Å². The lowest BCUT2D eigenvalue weighted by Gasteiger charge is -2.28. The first-order chi connectivity index (χ1) is 9.74. The van der Waals surface area contributed by atoms with Gasteiger partial charge in [0.15, 0.2) is 11.5 Å². The van der Waals surface area contributed by atoms with Gasteiger partial charge in [-0.15, -0.1) is 0 Å². The quantitative estimate of drug-likeness (QED) is 0.841. The predicted molar refractivity (Wildman–Crippen MR) is 81.1 cm³/mol. The third-order valence-electron chi connectivity index (χ3n) is 4.67. The van der Waals surface area contributed by atoms with E-state index in [1.165, 1.54) is 30.6 Å². The summed E-state index contributed by atoms with van der Waals surface area (Å²) in [6.07, 6.45) is 3.72. The molecule has 0 amide bonds. The maximum atomic E-state index is 5.62. The molecule has 20 heavy (non-hydrogen) atoms. The SMILES string of the molecule is COc1ccc2c(c1OC)N(C[C@H]1CCCN1C)CC2. The first-order valence-electron chi connectivity index (χ1n) is 7.43. The van der Waals surface area contributed by atoms with Crippen molar-refractivity contribution in [1.82, 2.24) is 4.90 Å². The van der Waals surface area contributed by atoms with Crippen LogP contribution in [-0.2, 0) is 6.42 Å². The lowest BCUT2D eigenvalue weighted by molar-refractivity contribution is 0.311. The van der Waals surface area contributed by atoms with Gasteiger partial charge in [-0.25, -0.2) is 0 Å². The Morgan fingerprint density at radius 2 is 2.05 bits per heavy atom. The second-order valence-corrected chi connectivity index (χ2v) is 5.78. The average molecular weight is 276 g/mol. The van der Waals surface area contributed by atoms with E-state index in [-0.39, 0.29) is 0 Å². The van der Waals surface area contributed by atoms with Crippen molar-refractivity contribution in [3.05, 3.63) is 17.7 Å². The summed E-state index contributed by atoms with van der Waals surface area (Å²) in [4.78, 5) is 4.95. The highest BCUT2D eigenvalue weighted by Crippen LogP contribution is 2.43. The largest absolute Gasteiger partial charge is 0.493 e. The number of nitrogens with zero attached hydrogens (tertiary/aromatic N) is 2. The smallest absolute Gasteiger partial charge is 0.184 e. The van der Waals surface area contributed by atoms with E-state index in [0.29, 0.717) is 6.04 Å². The van der Waals surface area contributed by atoms with Crippen molar-refractivity contribution in [2.45, 2.75) is 25.3 Å². The molecule has 1 saturated heterocycles. The Morgan fingerprint density at radius 3 is 2.70 bits per heavy atom. The molecule has 2 aliphatic heterocycles. The minimum atomic E-state index is 0.664. The van der Waals surface area contributed by atoms with Gasteiger partial charge in [0.05, 0.1) is 19.9 Å². The number of benzene rings is 1. The van der Waals surface area contributed by atoms with Crippen LogP contribution in [-0.4, -0.2) is 51.8 Å². The zero-order valence-corrected chi connectivity index (χ0v) is 12.7. The van der Waals surface area contributed by atoms with E-state index in [4.69, 9.17) is 9.47 Å². The minimum absolute atomic E-state index is 0.664. The first kappa shape index (κ1) is 13.6. The van der Waals surface area contributed by atoms with Crippen molar-refractivity contribution >= 4 is 5.69 Å². The van der Waals surface area contributed by atoms with Gasteiger partial charge in [0.1, 0.15) is 0 Å². The number of methoxy groups -OCH3 is 2. The highest BCUT2D eigenvalue weighted by atomic mass is 16.5. The first-order valence-corrected chi connectivity index (χ1v) is 7.43. The molecule has 3 rings (SSSR count). The fourth-order valence-corrected chi connectivity index (χ4v) is 3.51. The van der Waals surface area contributed by atoms with Crippen molar-refractivity contribution in [3.63, 3.8) is 0 Å². The fourth-order valence-electron chi connectivity index (χ4n) is 3.51. The molecule has 0 radical (unpaired) electrons. The molecule has 0 bridgehead atoms. The third-order valence-corrected chi connectivity index (χ3v) is 4.67. The van der Waals surface area contributed by atoms with Gasteiger partial charge in [-0.3, -0.25) is 0 Å². The van der Waals surface area contributed by atoms with E-state index >= 15 is 0 Å². The average Bonchev–Trinajstić information content (AvgIpc) is 3.05. The van der Waals surface area contributed by atoms with Gasteiger partial charge >= 0.3 is 0 Å². The summed E-state index contributed by atoms with van der Waals surface area (Å²) in [5.41, 5.74) is 2.62. The number of ether oxygens (including phenoxy) is 2. The normalized spacial score (nSPS) is 22.1. The van der Waals surface area contributed by atoms with Crippen molar-refractivity contribution in [1.29, 1.82) is 0 Å². The molecule has 0 unspecified atom stereocenters. The van der Waals surface area contributed by atoms with Gasteiger partial charge in [0.25, 0.3) is 0 Å². The Morgan fingerprint density at radius 1 is 1.20 bits per heavy atom. The lowest BCUT2D eigenvalue weighted by atomic mass is 10.1. The van der Waals surface area contributed by atoms with E-state index in [2.05, 4.69) is 22.9 Å². The summed E-state index contributed by atoms with van der Waals surface area (Å²) < 4.78 is 11.1. The Hall–Kier alpha value is -1.42. The maximum absolute atomic E-state index is 5.62. The topological polar surface area (TPSA) is 24.9 Å². The molecule has 2 aliphatic rings. The zero-order chi connectivity index (χ0) is 14.1. The molecule has 1 aromatic carbocycles. The Balaban J connectivity index is 1.88. The summed E-state index contributed by atoms with van der Waals surface area (Å²) in [7, 11) is 5.67. The number of hydrogen-bond donors (Lipinski definition) is 0. The highest BCUT2D eigenvalue weighted by Gasteiger charge is 2.30. The fraction of sp³-hybridized carbons (Fsp3) is 0.625. The van der Waals surface area contributed by atoms with Crippen LogP contribution in [0.25, 0.3) is 0 Å². The number of likely N-dealkylation sites (tertiary alicyclic amines) is 1. The molecule has 0 spiro atoms. The predicted octanol–water partition coefficient (Wildman–Crippen LogP) is 2.16. The highest BCUT2D eigenvalue weighted by molar-refractivity contribution is 5.72. The summed E-state index contributed by atoms with van der Waals surface area (Å²) in [5.74, 6) is 1.72. The van der Waals surface area contributed by atoms with Crippen LogP contribution in [0.3, 0.4) is 0 Å². The molecule has 4 nitrogen and oxygen atoms in total. The maximum Gasteiger partial charge on any atom is 0.184 e. The monoisotopic (exact) mass is 276 g/mol. The summed E-state index contributed by atoms with van der Waals surface area (Å²) in [6, 6.07) is 4.86. The Labute approximate surface area is 121 Å². The van der Waals surface area contributed by atoms with Gasteiger partial charge in [-0.05, 0) is 44.5 Å². The second kappa shape index (κ2) is 5.52. The molecule has 1 atom stereocenters. The molecule has 110 valence electrons. The van der Waals surface area contributed by atoms with Gasteiger partial charge in [-0.1, -0.05) is 6.07 Å². The van der Waals surface area contributed by atoms with E-state index in [1.54, 1.807) is 14.2 Å². The van der Waals surface area contributed by atoms with E-state index in [0.717, 1.165) is 31.0 Å². The lowest BCUT2D eigenvalue weighted by Crippen LogP contribution is -2.37. The number of rotatable bonds is 4. The zero-order valence-electron chi connectivity index (χ0n) is 12.7. The third kappa shape index (κ3) is 2.22. The summed E-state index contributed by atoms with van der Waals surface area (Å²) >= 11 is 0. The van der Waals surface area contributed by atoms with Crippen LogP contribution in [0.5, 0.6) is 11.5 Å². The van der Waals surface area contributed by atoms with Crippen molar-refractivity contribution in [2.24, 2.45) is 0 Å². The standard InChI is InChI=1S/C16H24N2O2/c1-17-9-4-5-13(17)11-18-10-8-12-6-7-14(19-2)16(20-3)15(12)18/h6-7,13H,4-5,8-11H2,1-3H3/t13-/m1/s1. The second-order valence-electron chi connectivity index (χ2n) is 5.78. The van der Waals surface area contributed by atoms with Crippen LogP contribution in [0.2, 0.25) is 0 Å². The number of hydrogen-bond acceptors (Lipinski definition) is 4. The molecule has 0 saturated carbocycles. The molecule has 2 heterocycles. The molecular weight excluding hydrogens is 252 g/mol. The van der Waals surface area contributed by atoms with Crippen molar-refractivity contribution in [2.75, 3.05) is 45.8 Å².